The van der Waals surface area contributed by atoms with Crippen molar-refractivity contribution < 1.29 is 13.2 Å². The fourth-order valence-corrected chi connectivity index (χ4v) is 2.84. The third kappa shape index (κ3) is 3.16. The first kappa shape index (κ1) is 15.7. The predicted molar refractivity (Wildman–Crippen MR) is 66.4 cm³/mol. The van der Waals surface area contributed by atoms with E-state index in [0.717, 1.165) is 19.3 Å². The van der Waals surface area contributed by atoms with Crippen molar-refractivity contribution in [2.75, 3.05) is 27.7 Å². The van der Waals surface area contributed by atoms with Crippen LogP contribution in [0.5, 0.6) is 0 Å². The first-order valence-electron chi connectivity index (χ1n) is 6.30. The standard InChI is InChI=1S/C12H24F3N3/c1-9(16)10(12(13,14)15)18(4)8-11(17(2)3)6-5-7-11/h9-10H,5-8,16H2,1-4H3. The molecule has 108 valence electrons. The SMILES string of the molecule is CC(N)C(N(C)CC1(N(C)C)CCC1)C(F)(F)F. The Bertz CT molecular complexity index is 272. The van der Waals surface area contributed by atoms with Crippen LogP contribution in [-0.4, -0.2) is 61.3 Å². The monoisotopic (exact) mass is 267 g/mol. The first-order valence-corrected chi connectivity index (χ1v) is 6.30. The van der Waals surface area contributed by atoms with Crippen molar-refractivity contribution in [2.24, 2.45) is 5.73 Å². The molecule has 1 rings (SSSR count). The zero-order chi connectivity index (χ0) is 14.1. The molecule has 2 atom stereocenters. The Morgan fingerprint density at radius 1 is 1.22 bits per heavy atom. The van der Waals surface area contributed by atoms with Gasteiger partial charge >= 0.3 is 6.18 Å². The summed E-state index contributed by atoms with van der Waals surface area (Å²) in [5, 5.41) is 0. The first-order chi connectivity index (χ1) is 8.10. The number of hydrogen-bond acceptors (Lipinski definition) is 3. The average Bonchev–Trinajstić information content (AvgIpc) is 2.07. The number of nitrogens with zero attached hydrogens (tertiary/aromatic N) is 2. The van der Waals surface area contributed by atoms with E-state index < -0.39 is 18.3 Å². The van der Waals surface area contributed by atoms with Crippen molar-refractivity contribution in [1.29, 1.82) is 0 Å². The van der Waals surface area contributed by atoms with Gasteiger partial charge in [0.15, 0.2) is 0 Å². The summed E-state index contributed by atoms with van der Waals surface area (Å²) in [4.78, 5) is 3.41. The molecule has 0 aromatic heterocycles. The van der Waals surface area contributed by atoms with Crippen LogP contribution in [0.4, 0.5) is 13.2 Å². The summed E-state index contributed by atoms with van der Waals surface area (Å²) in [5.74, 6) is 0. The molecule has 6 heteroatoms. The largest absolute Gasteiger partial charge is 0.405 e. The Balaban J connectivity index is 2.76. The smallest absolute Gasteiger partial charge is 0.326 e. The minimum atomic E-state index is -4.28. The fraction of sp³-hybridized carbons (Fsp3) is 1.00. The molecule has 3 nitrogen and oxygen atoms in total. The van der Waals surface area contributed by atoms with Gasteiger partial charge in [-0.2, -0.15) is 13.2 Å². The highest BCUT2D eigenvalue weighted by Gasteiger charge is 2.48. The van der Waals surface area contributed by atoms with E-state index in [0.29, 0.717) is 6.54 Å². The van der Waals surface area contributed by atoms with Crippen molar-refractivity contribution in [3.8, 4) is 0 Å². The van der Waals surface area contributed by atoms with Crippen molar-refractivity contribution in [3.05, 3.63) is 0 Å². The summed E-state index contributed by atoms with van der Waals surface area (Å²) in [5.41, 5.74) is 5.38. The summed E-state index contributed by atoms with van der Waals surface area (Å²) in [6.07, 6.45) is -1.29. The van der Waals surface area contributed by atoms with Gasteiger partial charge in [0.25, 0.3) is 0 Å². The van der Waals surface area contributed by atoms with Gasteiger partial charge in [0, 0.05) is 18.1 Å². The summed E-state index contributed by atoms with van der Waals surface area (Å²) >= 11 is 0. The van der Waals surface area contributed by atoms with Crippen LogP contribution in [0.15, 0.2) is 0 Å². The highest BCUT2D eigenvalue weighted by Crippen LogP contribution is 2.38. The van der Waals surface area contributed by atoms with Crippen molar-refractivity contribution >= 4 is 0 Å². The summed E-state index contributed by atoms with van der Waals surface area (Å²) in [6.45, 7) is 1.82. The van der Waals surface area contributed by atoms with Gasteiger partial charge in [-0.25, -0.2) is 0 Å². The van der Waals surface area contributed by atoms with E-state index in [1.165, 1.54) is 18.9 Å². The molecule has 1 saturated carbocycles. The maximum atomic E-state index is 13.0. The fourth-order valence-electron chi connectivity index (χ4n) is 2.84. The number of halogens is 3. The Morgan fingerprint density at radius 3 is 1.94 bits per heavy atom. The van der Waals surface area contributed by atoms with Crippen LogP contribution >= 0.6 is 0 Å². The molecule has 0 radical (unpaired) electrons. The maximum absolute atomic E-state index is 13.0. The molecule has 1 aliphatic rings. The van der Waals surface area contributed by atoms with E-state index in [1.807, 2.05) is 19.0 Å². The van der Waals surface area contributed by atoms with Gasteiger partial charge in [0.1, 0.15) is 6.04 Å². The van der Waals surface area contributed by atoms with Gasteiger partial charge in [-0.15, -0.1) is 0 Å². The van der Waals surface area contributed by atoms with E-state index in [-0.39, 0.29) is 5.54 Å². The molecule has 0 aliphatic heterocycles. The van der Waals surface area contributed by atoms with E-state index in [2.05, 4.69) is 0 Å². The van der Waals surface area contributed by atoms with Crippen LogP contribution in [0.25, 0.3) is 0 Å². The zero-order valence-electron chi connectivity index (χ0n) is 11.6. The van der Waals surface area contributed by atoms with Gasteiger partial charge in [0.2, 0.25) is 0 Å². The van der Waals surface area contributed by atoms with E-state index in [4.69, 9.17) is 5.73 Å². The van der Waals surface area contributed by atoms with E-state index in [1.54, 1.807) is 0 Å². The second-order valence-electron chi connectivity index (χ2n) is 5.73. The van der Waals surface area contributed by atoms with Crippen molar-refractivity contribution in [1.82, 2.24) is 9.80 Å². The topological polar surface area (TPSA) is 32.5 Å². The Hall–Kier alpha value is -0.330. The van der Waals surface area contributed by atoms with Crippen LogP contribution < -0.4 is 5.73 Å². The van der Waals surface area contributed by atoms with Gasteiger partial charge < -0.3 is 10.6 Å². The molecule has 1 aliphatic carbocycles. The minimum absolute atomic E-state index is 0.118. The number of nitrogens with two attached hydrogens (primary N) is 1. The average molecular weight is 267 g/mol. The number of likely N-dealkylation sites (N-methyl/N-ethyl adjacent to an activating group) is 2. The lowest BCUT2D eigenvalue weighted by Gasteiger charge is -2.50. The van der Waals surface area contributed by atoms with Gasteiger partial charge in [-0.3, -0.25) is 4.90 Å². The van der Waals surface area contributed by atoms with E-state index >= 15 is 0 Å². The molecule has 0 aromatic carbocycles. The highest BCUT2D eigenvalue weighted by molar-refractivity contribution is 5.00. The second kappa shape index (κ2) is 5.35. The molecule has 1 fully saturated rings. The van der Waals surface area contributed by atoms with Crippen molar-refractivity contribution in [3.63, 3.8) is 0 Å². The molecule has 0 saturated heterocycles. The summed E-state index contributed by atoms with van der Waals surface area (Å²) < 4.78 is 39.0. The summed E-state index contributed by atoms with van der Waals surface area (Å²) in [6, 6.07) is -2.50. The molecule has 0 amide bonds. The summed E-state index contributed by atoms with van der Waals surface area (Å²) in [7, 11) is 5.38. The number of alkyl halides is 3. The molecule has 2 N–H and O–H groups in total. The lowest BCUT2D eigenvalue weighted by molar-refractivity contribution is -0.190. The van der Waals surface area contributed by atoms with Crippen LogP contribution in [0.1, 0.15) is 26.2 Å². The second-order valence-corrected chi connectivity index (χ2v) is 5.73. The van der Waals surface area contributed by atoms with Crippen LogP contribution in [0, 0.1) is 0 Å². The quantitative estimate of drug-likeness (QED) is 0.822. The molecule has 0 heterocycles. The van der Waals surface area contributed by atoms with Crippen molar-refractivity contribution in [2.45, 2.75) is 50.0 Å². The third-order valence-corrected chi connectivity index (χ3v) is 4.08. The minimum Gasteiger partial charge on any atom is -0.326 e. The third-order valence-electron chi connectivity index (χ3n) is 4.08. The van der Waals surface area contributed by atoms with Crippen LogP contribution in [0.2, 0.25) is 0 Å². The molecule has 0 bridgehead atoms. The lowest BCUT2D eigenvalue weighted by atomic mass is 9.75. The van der Waals surface area contributed by atoms with Gasteiger partial charge in [0.05, 0.1) is 0 Å². The molecule has 2 unspecified atom stereocenters. The molecule has 18 heavy (non-hydrogen) atoms. The zero-order valence-corrected chi connectivity index (χ0v) is 11.6. The molecular weight excluding hydrogens is 243 g/mol. The lowest BCUT2D eigenvalue weighted by Crippen LogP contribution is -2.62. The maximum Gasteiger partial charge on any atom is 0.405 e. The molecule has 0 spiro atoms. The molecule has 0 aromatic rings. The van der Waals surface area contributed by atoms with Gasteiger partial charge in [-0.1, -0.05) is 0 Å². The highest BCUT2D eigenvalue weighted by atomic mass is 19.4. The van der Waals surface area contributed by atoms with Gasteiger partial charge in [-0.05, 0) is 47.3 Å². The number of hydrogen-bond donors (Lipinski definition) is 1. The Labute approximate surface area is 107 Å². The predicted octanol–water partition coefficient (Wildman–Crippen LogP) is 1.68. The normalized spacial score (nSPS) is 23.0. The molecular formula is C12H24F3N3. The van der Waals surface area contributed by atoms with Crippen LogP contribution in [0.3, 0.4) is 0 Å². The Kier molecular flexibility index (Phi) is 4.67. The van der Waals surface area contributed by atoms with E-state index in [9.17, 15) is 13.2 Å². The Morgan fingerprint density at radius 2 is 1.72 bits per heavy atom. The van der Waals surface area contributed by atoms with Crippen LogP contribution in [-0.2, 0) is 0 Å². The number of rotatable bonds is 5.